The Hall–Kier alpha value is -1.69. The number of aliphatic hydroxyl groups excluding tert-OH is 1. The Morgan fingerprint density at radius 2 is 2.22 bits per heavy atom. The summed E-state index contributed by atoms with van der Waals surface area (Å²) in [6.07, 6.45) is 3.79. The van der Waals surface area contributed by atoms with Crippen molar-refractivity contribution in [1.29, 1.82) is 0 Å². The molecular weight excluding hydrogens is 290 g/mol. The van der Waals surface area contributed by atoms with Crippen molar-refractivity contribution < 1.29 is 9.84 Å². The highest BCUT2D eigenvalue weighted by Crippen LogP contribution is 2.23. The van der Waals surface area contributed by atoms with E-state index in [0.29, 0.717) is 6.61 Å². The molecule has 0 radical (unpaired) electrons. The average molecular weight is 315 g/mol. The van der Waals surface area contributed by atoms with Gasteiger partial charge in [-0.3, -0.25) is 4.90 Å². The van der Waals surface area contributed by atoms with E-state index in [0.717, 1.165) is 31.9 Å². The maximum atomic E-state index is 9.47. The highest BCUT2D eigenvalue weighted by molar-refractivity contribution is 5.48. The number of hydrogen-bond donors (Lipinski definition) is 1. The SMILES string of the molecule is Cc1cc(C)c(CN2CCOC[C@H](CO)C2)c(-n2cccn2)c1. The first-order valence-electron chi connectivity index (χ1n) is 8.18. The lowest BCUT2D eigenvalue weighted by molar-refractivity contribution is 0.0958. The van der Waals surface area contributed by atoms with Crippen molar-refractivity contribution in [2.75, 3.05) is 32.9 Å². The summed E-state index contributed by atoms with van der Waals surface area (Å²) in [7, 11) is 0. The molecule has 1 saturated heterocycles. The van der Waals surface area contributed by atoms with Crippen molar-refractivity contribution in [2.24, 2.45) is 5.92 Å². The lowest BCUT2D eigenvalue weighted by Gasteiger charge is -2.25. The van der Waals surface area contributed by atoms with Crippen molar-refractivity contribution in [3.8, 4) is 5.69 Å². The maximum Gasteiger partial charge on any atom is 0.0695 e. The second-order valence-corrected chi connectivity index (χ2v) is 6.39. The summed E-state index contributed by atoms with van der Waals surface area (Å²) in [5.41, 5.74) is 4.95. The number of rotatable bonds is 4. The van der Waals surface area contributed by atoms with Crippen LogP contribution in [-0.2, 0) is 11.3 Å². The van der Waals surface area contributed by atoms with E-state index in [9.17, 15) is 5.11 Å². The van der Waals surface area contributed by atoms with Crippen LogP contribution in [0.5, 0.6) is 0 Å². The van der Waals surface area contributed by atoms with Crippen molar-refractivity contribution >= 4 is 0 Å². The van der Waals surface area contributed by atoms with Crippen molar-refractivity contribution in [2.45, 2.75) is 20.4 Å². The summed E-state index contributed by atoms with van der Waals surface area (Å²) < 4.78 is 7.54. The van der Waals surface area contributed by atoms with E-state index < -0.39 is 0 Å². The molecule has 1 N–H and O–H groups in total. The van der Waals surface area contributed by atoms with Crippen LogP contribution in [0.25, 0.3) is 5.69 Å². The molecule has 2 heterocycles. The standard InChI is InChI=1S/C18H25N3O2/c1-14-8-15(2)17(18(9-14)21-5-3-4-19-21)11-20-6-7-23-13-16(10-20)12-22/h3-5,8-9,16,22H,6-7,10-13H2,1-2H3/t16-/m0/s1. The average Bonchev–Trinajstić information content (AvgIpc) is 2.96. The molecule has 0 unspecified atom stereocenters. The van der Waals surface area contributed by atoms with Gasteiger partial charge in [-0.25, -0.2) is 4.68 Å². The van der Waals surface area contributed by atoms with Gasteiger partial charge in [0.1, 0.15) is 0 Å². The molecule has 5 heteroatoms. The molecule has 1 atom stereocenters. The van der Waals surface area contributed by atoms with Gasteiger partial charge in [-0.05, 0) is 42.7 Å². The molecule has 0 saturated carbocycles. The van der Waals surface area contributed by atoms with Crippen molar-refractivity contribution in [3.63, 3.8) is 0 Å². The molecule has 1 aliphatic rings. The first-order chi connectivity index (χ1) is 11.2. The molecule has 0 bridgehead atoms. The quantitative estimate of drug-likeness (QED) is 0.937. The van der Waals surface area contributed by atoms with Gasteiger partial charge in [0, 0.05) is 44.6 Å². The highest BCUT2D eigenvalue weighted by atomic mass is 16.5. The number of aliphatic hydroxyl groups is 1. The van der Waals surface area contributed by atoms with E-state index in [4.69, 9.17) is 4.74 Å². The van der Waals surface area contributed by atoms with Crippen LogP contribution in [0.3, 0.4) is 0 Å². The molecular formula is C18H25N3O2. The van der Waals surface area contributed by atoms with Gasteiger partial charge in [-0.2, -0.15) is 5.10 Å². The Morgan fingerprint density at radius 1 is 1.35 bits per heavy atom. The predicted molar refractivity (Wildman–Crippen MR) is 89.7 cm³/mol. The second kappa shape index (κ2) is 7.25. The van der Waals surface area contributed by atoms with Gasteiger partial charge in [-0.1, -0.05) is 6.07 Å². The van der Waals surface area contributed by atoms with E-state index in [1.54, 1.807) is 0 Å². The number of benzene rings is 1. The van der Waals surface area contributed by atoms with E-state index >= 15 is 0 Å². The fourth-order valence-electron chi connectivity index (χ4n) is 3.23. The zero-order valence-corrected chi connectivity index (χ0v) is 13.9. The molecule has 0 spiro atoms. The first kappa shape index (κ1) is 16.2. The molecule has 2 aromatic rings. The Kier molecular flexibility index (Phi) is 5.10. The minimum absolute atomic E-state index is 0.176. The molecule has 0 aliphatic carbocycles. The smallest absolute Gasteiger partial charge is 0.0695 e. The van der Waals surface area contributed by atoms with Crippen LogP contribution in [0.4, 0.5) is 0 Å². The first-order valence-corrected chi connectivity index (χ1v) is 8.18. The zero-order valence-electron chi connectivity index (χ0n) is 13.9. The van der Waals surface area contributed by atoms with Crippen LogP contribution >= 0.6 is 0 Å². The number of nitrogens with zero attached hydrogens (tertiary/aromatic N) is 3. The molecule has 1 fully saturated rings. The van der Waals surface area contributed by atoms with E-state index in [1.165, 1.54) is 16.7 Å². The van der Waals surface area contributed by atoms with Gasteiger partial charge < -0.3 is 9.84 Å². The number of hydrogen-bond acceptors (Lipinski definition) is 4. The number of aromatic nitrogens is 2. The van der Waals surface area contributed by atoms with Gasteiger partial charge >= 0.3 is 0 Å². The normalized spacial score (nSPS) is 19.7. The second-order valence-electron chi connectivity index (χ2n) is 6.39. The van der Waals surface area contributed by atoms with Crippen LogP contribution < -0.4 is 0 Å². The van der Waals surface area contributed by atoms with Crippen LogP contribution in [-0.4, -0.2) is 52.7 Å². The summed E-state index contributed by atoms with van der Waals surface area (Å²) in [6.45, 7) is 8.42. The van der Waals surface area contributed by atoms with Gasteiger partial charge in [0.2, 0.25) is 0 Å². The highest BCUT2D eigenvalue weighted by Gasteiger charge is 2.20. The molecule has 1 aromatic heterocycles. The Labute approximate surface area is 137 Å². The van der Waals surface area contributed by atoms with Gasteiger partial charge in [0.05, 0.1) is 18.9 Å². The minimum Gasteiger partial charge on any atom is -0.396 e. The van der Waals surface area contributed by atoms with Crippen LogP contribution in [0.15, 0.2) is 30.6 Å². The Morgan fingerprint density at radius 3 is 2.96 bits per heavy atom. The zero-order chi connectivity index (χ0) is 16.2. The molecule has 5 nitrogen and oxygen atoms in total. The summed E-state index contributed by atoms with van der Waals surface area (Å²) >= 11 is 0. The largest absolute Gasteiger partial charge is 0.396 e. The monoisotopic (exact) mass is 315 g/mol. The van der Waals surface area contributed by atoms with Crippen LogP contribution in [0.2, 0.25) is 0 Å². The molecule has 1 aromatic carbocycles. The van der Waals surface area contributed by atoms with Gasteiger partial charge in [0.25, 0.3) is 0 Å². The molecule has 1 aliphatic heterocycles. The topological polar surface area (TPSA) is 50.5 Å². The number of ether oxygens (including phenoxy) is 1. The molecule has 0 amide bonds. The van der Waals surface area contributed by atoms with Crippen LogP contribution in [0, 0.1) is 19.8 Å². The third-order valence-corrected chi connectivity index (χ3v) is 4.41. The fourth-order valence-corrected chi connectivity index (χ4v) is 3.23. The number of aryl methyl sites for hydroxylation is 2. The third kappa shape index (κ3) is 3.80. The molecule has 124 valence electrons. The van der Waals surface area contributed by atoms with Crippen molar-refractivity contribution in [1.82, 2.24) is 14.7 Å². The lowest BCUT2D eigenvalue weighted by atomic mass is 10.0. The summed E-state index contributed by atoms with van der Waals surface area (Å²) in [5, 5.41) is 13.9. The van der Waals surface area contributed by atoms with Crippen LogP contribution in [0.1, 0.15) is 16.7 Å². The summed E-state index contributed by atoms with van der Waals surface area (Å²) in [6, 6.07) is 6.36. The van der Waals surface area contributed by atoms with E-state index in [-0.39, 0.29) is 12.5 Å². The summed E-state index contributed by atoms with van der Waals surface area (Å²) in [4.78, 5) is 2.37. The lowest BCUT2D eigenvalue weighted by Crippen LogP contribution is -2.31. The molecule has 3 rings (SSSR count). The maximum absolute atomic E-state index is 9.47. The van der Waals surface area contributed by atoms with Gasteiger partial charge in [-0.15, -0.1) is 0 Å². The molecule has 23 heavy (non-hydrogen) atoms. The van der Waals surface area contributed by atoms with E-state index in [2.05, 4.69) is 36.0 Å². The fraction of sp³-hybridized carbons (Fsp3) is 0.500. The Balaban J connectivity index is 1.89. The summed E-state index contributed by atoms with van der Waals surface area (Å²) in [5.74, 6) is 0.191. The van der Waals surface area contributed by atoms with Gasteiger partial charge in [0.15, 0.2) is 0 Å². The predicted octanol–water partition coefficient (Wildman–Crippen LogP) is 1.93. The minimum atomic E-state index is 0.176. The van der Waals surface area contributed by atoms with E-state index in [1.807, 2.05) is 23.1 Å². The Bertz CT molecular complexity index is 640. The van der Waals surface area contributed by atoms with Crippen molar-refractivity contribution in [3.05, 3.63) is 47.3 Å². The third-order valence-electron chi connectivity index (χ3n) is 4.41.